The van der Waals surface area contributed by atoms with Gasteiger partial charge in [-0.15, -0.1) is 0 Å². The van der Waals surface area contributed by atoms with E-state index in [0.29, 0.717) is 11.3 Å². The van der Waals surface area contributed by atoms with Crippen molar-refractivity contribution in [3.8, 4) is 5.75 Å². The van der Waals surface area contributed by atoms with E-state index in [0.717, 1.165) is 10.5 Å². The maximum absolute atomic E-state index is 13.5. The number of carbonyl (C=O) groups excluding carboxylic acids is 1. The van der Waals surface area contributed by atoms with Crippen molar-refractivity contribution in [1.29, 1.82) is 0 Å². The number of hydrogen-bond donors (Lipinski definition) is 3. The number of benzene rings is 2. The zero-order valence-corrected chi connectivity index (χ0v) is 19.8. The maximum atomic E-state index is 13.5. The molecule has 184 valence electrons. The standard InChI is InChI=1S/C23H27FN2O7S/c1-14-4-5-16(24)12-15(14)13-33-17-6-8-18(9-7-17)34(31,32)19-10-11-26(21(25)29)22(2,3)23(19,30)20(27)28/h4-9,12,19,30H,10-11,13H2,1-3H3,(H2,25,29)(H,27,28). The number of amides is 2. The number of sulfone groups is 1. The first-order valence-corrected chi connectivity index (χ1v) is 12.0. The van der Waals surface area contributed by atoms with Crippen LogP contribution in [-0.4, -0.2) is 58.5 Å². The van der Waals surface area contributed by atoms with E-state index in [-0.39, 0.29) is 24.5 Å². The molecule has 0 bridgehead atoms. The number of nitrogens with zero attached hydrogens (tertiary/aromatic N) is 1. The van der Waals surface area contributed by atoms with Crippen molar-refractivity contribution >= 4 is 21.8 Å². The summed E-state index contributed by atoms with van der Waals surface area (Å²) in [6, 6.07) is 8.63. The van der Waals surface area contributed by atoms with Crippen LogP contribution in [0.15, 0.2) is 47.4 Å². The van der Waals surface area contributed by atoms with Crippen LogP contribution in [0.1, 0.15) is 31.4 Å². The molecule has 0 aliphatic carbocycles. The van der Waals surface area contributed by atoms with Crippen LogP contribution in [0.5, 0.6) is 5.75 Å². The Morgan fingerprint density at radius 3 is 2.38 bits per heavy atom. The summed E-state index contributed by atoms with van der Waals surface area (Å²) in [5.41, 5.74) is 2.18. The fourth-order valence-electron chi connectivity index (χ4n) is 4.35. The number of aliphatic carboxylic acids is 1. The third kappa shape index (κ3) is 4.21. The van der Waals surface area contributed by atoms with Gasteiger partial charge in [0.1, 0.15) is 23.4 Å². The molecule has 1 saturated heterocycles. The predicted octanol–water partition coefficient (Wildman–Crippen LogP) is 2.23. The van der Waals surface area contributed by atoms with Gasteiger partial charge >= 0.3 is 12.0 Å². The molecule has 0 spiro atoms. The molecular formula is C23H27FN2O7S. The number of halogens is 1. The number of urea groups is 1. The van der Waals surface area contributed by atoms with Gasteiger partial charge in [0.2, 0.25) is 5.60 Å². The number of aliphatic hydroxyl groups is 1. The van der Waals surface area contributed by atoms with Crippen LogP contribution >= 0.6 is 0 Å². The van der Waals surface area contributed by atoms with Crippen LogP contribution in [0.4, 0.5) is 9.18 Å². The highest BCUT2D eigenvalue weighted by Gasteiger charge is 2.65. The number of nitrogens with two attached hydrogens (primary N) is 1. The Morgan fingerprint density at radius 2 is 1.82 bits per heavy atom. The molecule has 1 aliphatic heterocycles. The van der Waals surface area contributed by atoms with Crippen LogP contribution < -0.4 is 10.5 Å². The second kappa shape index (κ2) is 8.88. The molecule has 0 aromatic heterocycles. The molecule has 2 aromatic carbocycles. The lowest BCUT2D eigenvalue weighted by Gasteiger charge is -2.53. The van der Waals surface area contributed by atoms with Crippen LogP contribution in [0.2, 0.25) is 0 Å². The molecule has 2 atom stereocenters. The normalized spacial score (nSPS) is 22.3. The molecule has 9 nitrogen and oxygen atoms in total. The molecule has 4 N–H and O–H groups in total. The van der Waals surface area contributed by atoms with E-state index in [1.165, 1.54) is 50.2 Å². The molecule has 34 heavy (non-hydrogen) atoms. The smallest absolute Gasteiger partial charge is 0.339 e. The Balaban J connectivity index is 1.88. The average Bonchev–Trinajstić information content (AvgIpc) is 2.75. The molecule has 3 rings (SSSR count). The van der Waals surface area contributed by atoms with Crippen molar-refractivity contribution in [1.82, 2.24) is 4.90 Å². The van der Waals surface area contributed by atoms with Crippen molar-refractivity contribution in [3.63, 3.8) is 0 Å². The van der Waals surface area contributed by atoms with Crippen molar-refractivity contribution < 1.29 is 37.3 Å². The van der Waals surface area contributed by atoms with Crippen LogP contribution in [0.25, 0.3) is 0 Å². The summed E-state index contributed by atoms with van der Waals surface area (Å²) in [6.45, 7) is 4.25. The number of aryl methyl sites for hydroxylation is 1. The van der Waals surface area contributed by atoms with E-state index in [2.05, 4.69) is 0 Å². The summed E-state index contributed by atoms with van der Waals surface area (Å²) < 4.78 is 45.9. The van der Waals surface area contributed by atoms with Gasteiger partial charge in [0.05, 0.1) is 10.4 Å². The molecule has 2 unspecified atom stereocenters. The molecule has 2 amide bonds. The van der Waals surface area contributed by atoms with Gasteiger partial charge in [-0.1, -0.05) is 6.07 Å². The third-order valence-electron chi connectivity index (χ3n) is 6.51. The minimum absolute atomic E-state index is 0.0637. The molecule has 1 heterocycles. The van der Waals surface area contributed by atoms with Crippen molar-refractivity contribution in [2.24, 2.45) is 5.73 Å². The predicted molar refractivity (Wildman–Crippen MR) is 120 cm³/mol. The summed E-state index contributed by atoms with van der Waals surface area (Å²) in [7, 11) is -4.35. The second-order valence-electron chi connectivity index (χ2n) is 8.77. The second-order valence-corrected chi connectivity index (χ2v) is 10.9. The van der Waals surface area contributed by atoms with E-state index in [1.54, 1.807) is 6.07 Å². The lowest BCUT2D eigenvalue weighted by molar-refractivity contribution is -0.179. The van der Waals surface area contributed by atoms with Crippen molar-refractivity contribution in [3.05, 3.63) is 59.4 Å². The van der Waals surface area contributed by atoms with Crippen LogP contribution in [-0.2, 0) is 21.2 Å². The Labute approximate surface area is 196 Å². The van der Waals surface area contributed by atoms with Gasteiger partial charge < -0.3 is 25.6 Å². The number of piperidine rings is 1. The highest BCUT2D eigenvalue weighted by molar-refractivity contribution is 7.92. The third-order valence-corrected chi connectivity index (χ3v) is 8.77. The summed E-state index contributed by atoms with van der Waals surface area (Å²) in [4.78, 5) is 24.7. The first-order chi connectivity index (χ1) is 15.7. The zero-order valence-electron chi connectivity index (χ0n) is 19.0. The number of likely N-dealkylation sites (tertiary alicyclic amines) is 1. The highest BCUT2D eigenvalue weighted by Crippen LogP contribution is 2.42. The van der Waals surface area contributed by atoms with E-state index in [4.69, 9.17) is 10.5 Å². The van der Waals surface area contributed by atoms with E-state index >= 15 is 0 Å². The average molecular weight is 495 g/mol. The Morgan fingerprint density at radius 1 is 1.21 bits per heavy atom. The molecule has 0 saturated carbocycles. The van der Waals surface area contributed by atoms with Crippen LogP contribution in [0, 0.1) is 12.7 Å². The molecule has 1 aliphatic rings. The number of ether oxygens (including phenoxy) is 1. The van der Waals surface area contributed by atoms with Gasteiger partial charge in [-0.05, 0) is 74.7 Å². The first kappa shape index (κ1) is 25.4. The van der Waals surface area contributed by atoms with Gasteiger partial charge in [0.25, 0.3) is 0 Å². The van der Waals surface area contributed by atoms with Gasteiger partial charge in [0, 0.05) is 6.54 Å². The molecule has 2 aromatic rings. The molecule has 0 radical (unpaired) electrons. The Bertz CT molecular complexity index is 1210. The van der Waals surface area contributed by atoms with E-state index < -0.39 is 44.0 Å². The van der Waals surface area contributed by atoms with Gasteiger partial charge in [0.15, 0.2) is 9.84 Å². The van der Waals surface area contributed by atoms with E-state index in [1.807, 2.05) is 6.92 Å². The van der Waals surface area contributed by atoms with Gasteiger partial charge in [-0.3, -0.25) is 0 Å². The fraction of sp³-hybridized carbons (Fsp3) is 0.391. The van der Waals surface area contributed by atoms with Gasteiger partial charge in [-0.25, -0.2) is 22.4 Å². The summed E-state index contributed by atoms with van der Waals surface area (Å²) >= 11 is 0. The number of hydrogen-bond acceptors (Lipinski definition) is 6. The number of carboxylic acids is 1. The quantitative estimate of drug-likeness (QED) is 0.558. The number of rotatable bonds is 6. The van der Waals surface area contributed by atoms with Gasteiger partial charge in [-0.2, -0.15) is 0 Å². The van der Waals surface area contributed by atoms with Crippen molar-refractivity contribution in [2.45, 2.75) is 55.1 Å². The highest BCUT2D eigenvalue weighted by atomic mass is 32.2. The summed E-state index contributed by atoms with van der Waals surface area (Å²) in [5, 5.41) is 19.3. The van der Waals surface area contributed by atoms with Crippen LogP contribution in [0.3, 0.4) is 0 Å². The topological polar surface area (TPSA) is 147 Å². The fourth-order valence-corrected chi connectivity index (χ4v) is 6.44. The number of carbonyl (C=O) groups is 2. The minimum atomic E-state index is -4.35. The van der Waals surface area contributed by atoms with Crippen molar-refractivity contribution in [2.75, 3.05) is 6.54 Å². The lowest BCUT2D eigenvalue weighted by atomic mass is 9.74. The first-order valence-electron chi connectivity index (χ1n) is 10.5. The maximum Gasteiger partial charge on any atom is 0.339 e. The molecule has 11 heteroatoms. The number of carboxylic acid groups (broad SMARTS) is 1. The minimum Gasteiger partial charge on any atom is -0.489 e. The molecule has 1 fully saturated rings. The lowest BCUT2D eigenvalue weighted by Crippen LogP contribution is -2.75. The monoisotopic (exact) mass is 494 g/mol. The zero-order chi connectivity index (χ0) is 25.5. The molecular weight excluding hydrogens is 467 g/mol. The largest absolute Gasteiger partial charge is 0.489 e. The number of primary amides is 1. The summed E-state index contributed by atoms with van der Waals surface area (Å²) in [5.74, 6) is -1.86. The van der Waals surface area contributed by atoms with E-state index in [9.17, 15) is 32.6 Å². The Hall–Kier alpha value is -3.18. The summed E-state index contributed by atoms with van der Waals surface area (Å²) in [6.07, 6.45) is -0.325. The Kier molecular flexibility index (Phi) is 6.64. The SMILES string of the molecule is Cc1ccc(F)cc1COc1ccc(S(=O)(=O)C2CCN(C(N)=O)C(C)(C)C2(O)C(=O)O)cc1.